The van der Waals surface area contributed by atoms with Gasteiger partial charge in [-0.3, -0.25) is 9.69 Å². The predicted octanol–water partition coefficient (Wildman–Crippen LogP) is 1.70. The number of nitrogens with zero attached hydrogens (tertiary/aromatic N) is 3. The Balaban J connectivity index is 1.50. The molecule has 2 aromatic carbocycles. The highest BCUT2D eigenvalue weighted by atomic mass is 32.2. The second-order valence-corrected chi connectivity index (χ2v) is 9.11. The number of amides is 1. The summed E-state index contributed by atoms with van der Waals surface area (Å²) in [6, 6.07) is 16.5. The molecule has 0 bridgehead atoms. The largest absolute Gasteiger partial charge is 0.369 e. The molecule has 0 radical (unpaired) electrons. The maximum atomic E-state index is 12.3. The highest BCUT2D eigenvalue weighted by Crippen LogP contribution is 2.17. The van der Waals surface area contributed by atoms with Crippen LogP contribution >= 0.6 is 0 Å². The maximum Gasteiger partial charge on any atom is 0.242 e. The summed E-state index contributed by atoms with van der Waals surface area (Å²) >= 11 is 0. The van der Waals surface area contributed by atoms with E-state index in [1.54, 1.807) is 12.1 Å². The van der Waals surface area contributed by atoms with Crippen molar-refractivity contribution in [2.45, 2.75) is 4.90 Å². The second-order valence-electron chi connectivity index (χ2n) is 6.96. The Morgan fingerprint density at radius 2 is 1.57 bits per heavy atom. The van der Waals surface area contributed by atoms with Crippen molar-refractivity contribution in [3.05, 3.63) is 54.6 Å². The zero-order valence-corrected chi connectivity index (χ0v) is 17.0. The van der Waals surface area contributed by atoms with Gasteiger partial charge in [0.25, 0.3) is 0 Å². The van der Waals surface area contributed by atoms with Gasteiger partial charge in [-0.15, -0.1) is 0 Å². The molecule has 8 heteroatoms. The van der Waals surface area contributed by atoms with E-state index in [1.165, 1.54) is 31.9 Å². The second kappa shape index (κ2) is 8.72. The summed E-state index contributed by atoms with van der Waals surface area (Å²) in [4.78, 5) is 17.0. The molecule has 1 aliphatic rings. The van der Waals surface area contributed by atoms with Crippen LogP contribution in [0.2, 0.25) is 0 Å². The smallest absolute Gasteiger partial charge is 0.242 e. The Kier molecular flexibility index (Phi) is 6.33. The number of sulfonamides is 1. The van der Waals surface area contributed by atoms with E-state index < -0.39 is 10.0 Å². The average Bonchev–Trinajstić information content (AvgIpc) is 2.69. The first-order valence-corrected chi connectivity index (χ1v) is 10.6. The number of hydrogen-bond donors (Lipinski definition) is 1. The zero-order chi connectivity index (χ0) is 20.1. The van der Waals surface area contributed by atoms with Gasteiger partial charge in [0.05, 0.1) is 11.4 Å². The summed E-state index contributed by atoms with van der Waals surface area (Å²) in [6.45, 7) is 3.73. The van der Waals surface area contributed by atoms with E-state index in [9.17, 15) is 13.2 Å². The number of para-hydroxylation sites is 1. The van der Waals surface area contributed by atoms with Crippen LogP contribution in [0, 0.1) is 0 Å². The third-order valence-corrected chi connectivity index (χ3v) is 6.61. The molecule has 3 rings (SSSR count). The average molecular weight is 403 g/mol. The van der Waals surface area contributed by atoms with E-state index in [4.69, 9.17) is 0 Å². The number of benzene rings is 2. The van der Waals surface area contributed by atoms with E-state index >= 15 is 0 Å². The Bertz CT molecular complexity index is 891. The first-order valence-electron chi connectivity index (χ1n) is 9.21. The van der Waals surface area contributed by atoms with E-state index in [1.807, 2.05) is 18.2 Å². The molecule has 1 amide bonds. The molecule has 0 aliphatic carbocycles. The van der Waals surface area contributed by atoms with Crippen LogP contribution in [-0.2, 0) is 14.8 Å². The monoisotopic (exact) mass is 402 g/mol. The fourth-order valence-electron chi connectivity index (χ4n) is 3.13. The number of hydrogen-bond acceptors (Lipinski definition) is 5. The first-order chi connectivity index (χ1) is 13.4. The molecule has 0 saturated carbocycles. The van der Waals surface area contributed by atoms with Gasteiger partial charge in [0, 0.05) is 51.6 Å². The molecule has 7 nitrogen and oxygen atoms in total. The maximum absolute atomic E-state index is 12.3. The van der Waals surface area contributed by atoms with E-state index in [-0.39, 0.29) is 10.8 Å². The van der Waals surface area contributed by atoms with E-state index in [0.29, 0.717) is 12.2 Å². The number of nitrogens with one attached hydrogen (secondary N) is 1. The summed E-state index contributed by atoms with van der Waals surface area (Å²) in [5.74, 6) is -0.101. The molecule has 1 saturated heterocycles. The number of anilines is 2. The van der Waals surface area contributed by atoms with Crippen molar-refractivity contribution in [3.8, 4) is 0 Å². The number of carbonyl (C=O) groups is 1. The van der Waals surface area contributed by atoms with Crippen molar-refractivity contribution >= 4 is 27.3 Å². The first kappa shape index (κ1) is 20.3. The van der Waals surface area contributed by atoms with Crippen LogP contribution in [0.4, 0.5) is 11.4 Å². The summed E-state index contributed by atoms with van der Waals surface area (Å²) in [7, 11) is -0.488. The lowest BCUT2D eigenvalue weighted by Crippen LogP contribution is -2.48. The Morgan fingerprint density at radius 3 is 2.14 bits per heavy atom. The van der Waals surface area contributed by atoms with Crippen molar-refractivity contribution in [2.75, 3.05) is 57.0 Å². The topological polar surface area (TPSA) is 73.0 Å². The molecular weight excluding hydrogens is 376 g/mol. The van der Waals surface area contributed by atoms with Crippen molar-refractivity contribution in [1.82, 2.24) is 9.21 Å². The van der Waals surface area contributed by atoms with Crippen molar-refractivity contribution in [2.24, 2.45) is 0 Å². The third kappa shape index (κ3) is 4.89. The minimum atomic E-state index is -3.47. The molecule has 0 unspecified atom stereocenters. The third-order valence-electron chi connectivity index (χ3n) is 4.78. The Morgan fingerprint density at radius 1 is 0.964 bits per heavy atom. The van der Waals surface area contributed by atoms with Gasteiger partial charge in [-0.2, -0.15) is 0 Å². The fraction of sp³-hybridized carbons (Fsp3) is 0.350. The normalized spacial score (nSPS) is 15.6. The molecule has 2 aromatic rings. The molecule has 1 heterocycles. The summed E-state index contributed by atoms with van der Waals surface area (Å²) < 4.78 is 25.3. The molecule has 1 fully saturated rings. The number of rotatable bonds is 6. The Labute approximate surface area is 166 Å². The van der Waals surface area contributed by atoms with Crippen molar-refractivity contribution in [3.63, 3.8) is 0 Å². The van der Waals surface area contributed by atoms with Gasteiger partial charge in [-0.05, 0) is 36.4 Å². The SMILES string of the molecule is CN(C)S(=O)(=O)c1ccc(NC(=O)CN2CCN(c3ccccc3)CC2)cc1. The van der Waals surface area contributed by atoms with Crippen LogP contribution in [0.25, 0.3) is 0 Å². The van der Waals surface area contributed by atoms with Gasteiger partial charge in [-0.1, -0.05) is 18.2 Å². The molecule has 0 spiro atoms. The van der Waals surface area contributed by atoms with Crippen molar-refractivity contribution < 1.29 is 13.2 Å². The van der Waals surface area contributed by atoms with Gasteiger partial charge >= 0.3 is 0 Å². The molecule has 1 N–H and O–H groups in total. The number of piperazine rings is 1. The van der Waals surface area contributed by atoms with Crippen LogP contribution in [0.15, 0.2) is 59.5 Å². The molecule has 0 aromatic heterocycles. The van der Waals surface area contributed by atoms with Crippen LogP contribution in [0.3, 0.4) is 0 Å². The van der Waals surface area contributed by atoms with Gasteiger partial charge in [-0.25, -0.2) is 12.7 Å². The number of carbonyl (C=O) groups excluding carboxylic acids is 1. The van der Waals surface area contributed by atoms with Gasteiger partial charge in [0.15, 0.2) is 0 Å². The summed E-state index contributed by atoms with van der Waals surface area (Å²) in [5.41, 5.74) is 1.80. The van der Waals surface area contributed by atoms with E-state index in [0.717, 1.165) is 30.5 Å². The Hall–Kier alpha value is -2.42. The lowest BCUT2D eigenvalue weighted by Gasteiger charge is -2.35. The quantitative estimate of drug-likeness (QED) is 0.796. The summed E-state index contributed by atoms with van der Waals surface area (Å²) in [5, 5.41) is 2.84. The van der Waals surface area contributed by atoms with Gasteiger partial charge in [0.2, 0.25) is 15.9 Å². The minimum Gasteiger partial charge on any atom is -0.369 e. The highest BCUT2D eigenvalue weighted by Gasteiger charge is 2.20. The van der Waals surface area contributed by atoms with Crippen LogP contribution < -0.4 is 10.2 Å². The zero-order valence-electron chi connectivity index (χ0n) is 16.2. The predicted molar refractivity (Wildman–Crippen MR) is 111 cm³/mol. The lowest BCUT2D eigenvalue weighted by molar-refractivity contribution is -0.117. The van der Waals surface area contributed by atoms with Gasteiger partial charge < -0.3 is 10.2 Å². The standard InChI is InChI=1S/C20H26N4O3S/c1-22(2)28(26,27)19-10-8-17(9-11-19)21-20(25)16-23-12-14-24(15-13-23)18-6-4-3-5-7-18/h3-11H,12-16H2,1-2H3,(H,21,25). The van der Waals surface area contributed by atoms with E-state index in [2.05, 4.69) is 27.2 Å². The van der Waals surface area contributed by atoms with Crippen LogP contribution in [0.1, 0.15) is 0 Å². The van der Waals surface area contributed by atoms with Crippen LogP contribution in [-0.4, -0.2) is 70.3 Å². The highest BCUT2D eigenvalue weighted by molar-refractivity contribution is 7.89. The summed E-state index contributed by atoms with van der Waals surface area (Å²) in [6.07, 6.45) is 0. The van der Waals surface area contributed by atoms with Crippen LogP contribution in [0.5, 0.6) is 0 Å². The lowest BCUT2D eigenvalue weighted by atomic mass is 10.2. The molecular formula is C20H26N4O3S. The molecule has 150 valence electrons. The molecule has 0 atom stereocenters. The molecule has 28 heavy (non-hydrogen) atoms. The van der Waals surface area contributed by atoms with Gasteiger partial charge in [0.1, 0.15) is 0 Å². The minimum absolute atomic E-state index is 0.101. The molecule has 1 aliphatic heterocycles. The van der Waals surface area contributed by atoms with Crippen molar-refractivity contribution in [1.29, 1.82) is 0 Å². The fourth-order valence-corrected chi connectivity index (χ4v) is 4.03.